The van der Waals surface area contributed by atoms with Crippen molar-refractivity contribution in [1.29, 1.82) is 0 Å². The smallest absolute Gasteiger partial charge is 0.263 e. The summed E-state index contributed by atoms with van der Waals surface area (Å²) in [5.74, 6) is 0.738. The first-order chi connectivity index (χ1) is 6.55. The van der Waals surface area contributed by atoms with Crippen LogP contribution in [0.25, 0.3) is 0 Å². The van der Waals surface area contributed by atoms with E-state index < -0.39 is 8.32 Å². The first kappa shape index (κ1) is 13.6. The molecule has 0 fully saturated rings. The number of hydrogen-bond acceptors (Lipinski definition) is 2. The van der Waals surface area contributed by atoms with Crippen molar-refractivity contribution in [1.82, 2.24) is 0 Å². The van der Waals surface area contributed by atoms with Gasteiger partial charge in [-0.25, -0.2) is 0 Å². The summed E-state index contributed by atoms with van der Waals surface area (Å²) in [6, 6.07) is 3.46. The highest BCUT2D eigenvalue weighted by molar-refractivity contribution is 6.73. The topological polar surface area (TPSA) is 18.5 Å². The van der Waals surface area contributed by atoms with Crippen LogP contribution in [0.2, 0.25) is 18.1 Å². The molecule has 0 aliphatic heterocycles. The lowest BCUT2D eigenvalue weighted by Crippen LogP contribution is -2.35. The maximum Gasteiger partial charge on any atom is 0.263 e. The van der Waals surface area contributed by atoms with Gasteiger partial charge < -0.3 is 9.16 Å². The third-order valence-corrected chi connectivity index (χ3v) is 7.32. The van der Waals surface area contributed by atoms with E-state index in [-0.39, 0.29) is 0 Å². The summed E-state index contributed by atoms with van der Waals surface area (Å²) in [5.41, 5.74) is 1.12. The zero-order valence-corrected chi connectivity index (χ0v) is 11.4. The number of methoxy groups -OCH3 is 1. The van der Waals surface area contributed by atoms with E-state index in [1.165, 1.54) is 0 Å². The van der Waals surface area contributed by atoms with Gasteiger partial charge in [-0.15, -0.1) is 0 Å². The highest BCUT2D eigenvalue weighted by Gasteiger charge is 2.32. The van der Waals surface area contributed by atoms with Gasteiger partial charge in [0.15, 0.2) is 0 Å². The van der Waals surface area contributed by atoms with Crippen LogP contribution in [-0.2, 0) is 9.16 Å². The molecule has 0 saturated heterocycles. The Labute approximate surface area is 89.4 Å². The summed E-state index contributed by atoms with van der Waals surface area (Å²) in [7, 11) is 0.136. The summed E-state index contributed by atoms with van der Waals surface area (Å²) in [5, 5.41) is 0. The molecule has 0 saturated carbocycles. The number of allylic oxidation sites excluding steroid dienone is 1. The van der Waals surface area contributed by atoms with Gasteiger partial charge in [-0.1, -0.05) is 20.8 Å². The Balaban J connectivity index is 4.66. The molecule has 0 amide bonds. The summed E-state index contributed by atoms with van der Waals surface area (Å²) in [6.07, 6.45) is 0. The van der Waals surface area contributed by atoms with Gasteiger partial charge in [-0.3, -0.25) is 0 Å². The fourth-order valence-electron chi connectivity index (χ4n) is 1.51. The average molecular weight is 216 g/mol. The largest absolute Gasteiger partial charge is 0.519 e. The van der Waals surface area contributed by atoms with Crippen LogP contribution in [0.5, 0.6) is 0 Å². The van der Waals surface area contributed by atoms with Crippen molar-refractivity contribution in [2.24, 2.45) is 0 Å². The van der Waals surface area contributed by atoms with Crippen LogP contribution in [0, 0.1) is 0 Å². The maximum atomic E-state index is 6.09. The predicted octanol–water partition coefficient (Wildman–Crippen LogP) is 3.91. The Morgan fingerprint density at radius 1 is 1.00 bits per heavy atom. The highest BCUT2D eigenvalue weighted by atomic mass is 28.4. The molecule has 0 bridgehead atoms. The van der Waals surface area contributed by atoms with E-state index >= 15 is 0 Å². The van der Waals surface area contributed by atoms with Crippen LogP contribution in [0.15, 0.2) is 11.5 Å². The lowest BCUT2D eigenvalue weighted by molar-refractivity contribution is 0.138. The molecule has 84 valence electrons. The van der Waals surface area contributed by atoms with Gasteiger partial charge in [0.05, 0.1) is 7.11 Å². The lowest BCUT2D eigenvalue weighted by atomic mass is 10.4. The quantitative estimate of drug-likeness (QED) is 0.495. The van der Waals surface area contributed by atoms with Gasteiger partial charge in [-0.2, -0.15) is 0 Å². The summed E-state index contributed by atoms with van der Waals surface area (Å²) in [4.78, 5) is 0. The molecular weight excluding hydrogens is 192 g/mol. The van der Waals surface area contributed by atoms with Crippen molar-refractivity contribution in [3.05, 3.63) is 11.5 Å². The van der Waals surface area contributed by atoms with E-state index in [1.54, 1.807) is 7.11 Å². The zero-order chi connectivity index (χ0) is 11.2. The molecule has 0 rings (SSSR count). The number of rotatable bonds is 6. The standard InChI is InChI=1S/C11H24O2Si/c1-7-14(8-2,9-3)13-11(12-6)10(4)5/h7-9H2,1-6H3. The van der Waals surface area contributed by atoms with Crippen molar-refractivity contribution < 1.29 is 9.16 Å². The average Bonchev–Trinajstić information content (AvgIpc) is 2.20. The Morgan fingerprint density at radius 2 is 1.43 bits per heavy atom. The molecule has 0 aliphatic rings. The second-order valence-electron chi connectivity index (χ2n) is 3.84. The van der Waals surface area contributed by atoms with E-state index in [0.717, 1.165) is 29.7 Å². The molecule has 14 heavy (non-hydrogen) atoms. The Kier molecular flexibility index (Phi) is 5.92. The SMILES string of the molecule is CC[Si](CC)(CC)OC(OC)=C(C)C. The third kappa shape index (κ3) is 3.37. The molecule has 0 heterocycles. The van der Waals surface area contributed by atoms with Crippen molar-refractivity contribution in [3.63, 3.8) is 0 Å². The Morgan fingerprint density at radius 3 is 1.64 bits per heavy atom. The number of ether oxygens (including phenoxy) is 1. The second kappa shape index (κ2) is 6.12. The van der Waals surface area contributed by atoms with Crippen molar-refractivity contribution in [2.45, 2.75) is 52.8 Å². The Hall–Kier alpha value is -0.443. The van der Waals surface area contributed by atoms with Gasteiger partial charge in [0.1, 0.15) is 0 Å². The minimum absolute atomic E-state index is 0.738. The van der Waals surface area contributed by atoms with Crippen LogP contribution < -0.4 is 0 Å². The molecule has 0 aromatic rings. The van der Waals surface area contributed by atoms with Gasteiger partial charge in [-0.05, 0) is 32.0 Å². The fourth-order valence-corrected chi connectivity index (χ4v) is 4.12. The van der Waals surface area contributed by atoms with Crippen LogP contribution in [0.1, 0.15) is 34.6 Å². The molecule has 0 spiro atoms. The van der Waals surface area contributed by atoms with Crippen LogP contribution >= 0.6 is 0 Å². The van der Waals surface area contributed by atoms with E-state index in [1.807, 2.05) is 13.8 Å². The summed E-state index contributed by atoms with van der Waals surface area (Å²) in [6.45, 7) is 10.7. The van der Waals surface area contributed by atoms with E-state index in [2.05, 4.69) is 20.8 Å². The fraction of sp³-hybridized carbons (Fsp3) is 0.818. The molecule has 0 radical (unpaired) electrons. The molecule has 0 N–H and O–H groups in total. The minimum Gasteiger partial charge on any atom is -0.519 e. The molecule has 3 heteroatoms. The van der Waals surface area contributed by atoms with Crippen LogP contribution in [0.3, 0.4) is 0 Å². The molecule has 0 atom stereocenters. The van der Waals surface area contributed by atoms with Crippen LogP contribution in [0.4, 0.5) is 0 Å². The normalized spacial score (nSPS) is 11.0. The second-order valence-corrected chi connectivity index (χ2v) is 8.53. The first-order valence-electron chi connectivity index (χ1n) is 5.45. The highest BCUT2D eigenvalue weighted by Crippen LogP contribution is 2.25. The minimum atomic E-state index is -1.55. The van der Waals surface area contributed by atoms with Gasteiger partial charge in [0.25, 0.3) is 14.3 Å². The number of hydrogen-bond donors (Lipinski definition) is 0. The van der Waals surface area contributed by atoms with Gasteiger partial charge in [0.2, 0.25) is 0 Å². The molecule has 0 aromatic carbocycles. The van der Waals surface area contributed by atoms with Crippen molar-refractivity contribution in [3.8, 4) is 0 Å². The Bertz CT molecular complexity index is 183. The van der Waals surface area contributed by atoms with E-state index in [0.29, 0.717) is 0 Å². The predicted molar refractivity (Wildman–Crippen MR) is 63.7 cm³/mol. The van der Waals surface area contributed by atoms with Crippen molar-refractivity contribution in [2.75, 3.05) is 7.11 Å². The first-order valence-corrected chi connectivity index (χ1v) is 7.98. The van der Waals surface area contributed by atoms with E-state index in [9.17, 15) is 0 Å². The van der Waals surface area contributed by atoms with Crippen molar-refractivity contribution >= 4 is 8.32 Å². The monoisotopic (exact) mass is 216 g/mol. The third-order valence-electron chi connectivity index (χ3n) is 2.84. The van der Waals surface area contributed by atoms with Crippen LogP contribution in [-0.4, -0.2) is 15.4 Å². The zero-order valence-electron chi connectivity index (χ0n) is 10.4. The molecule has 0 unspecified atom stereocenters. The summed E-state index contributed by atoms with van der Waals surface area (Å²) < 4.78 is 11.4. The summed E-state index contributed by atoms with van der Waals surface area (Å²) >= 11 is 0. The van der Waals surface area contributed by atoms with Gasteiger partial charge in [0, 0.05) is 5.57 Å². The molecule has 0 aliphatic carbocycles. The molecule has 2 nitrogen and oxygen atoms in total. The lowest BCUT2D eigenvalue weighted by Gasteiger charge is -2.29. The molecular formula is C11H24O2Si. The maximum absolute atomic E-state index is 6.09. The molecule has 0 aromatic heterocycles. The van der Waals surface area contributed by atoms with E-state index in [4.69, 9.17) is 9.16 Å². The van der Waals surface area contributed by atoms with Gasteiger partial charge >= 0.3 is 0 Å².